The summed E-state index contributed by atoms with van der Waals surface area (Å²) >= 11 is 13.3. The number of benzene rings is 2. The SMILES string of the molecule is COc1cccc([Si](Cl)(Cl)c2cccc(OC)c2)c1. The Morgan fingerprint density at radius 2 is 1.21 bits per heavy atom. The van der Waals surface area contributed by atoms with Crippen molar-refractivity contribution in [3.8, 4) is 11.5 Å². The summed E-state index contributed by atoms with van der Waals surface area (Å²) in [6, 6.07) is 15.1. The molecule has 100 valence electrons. The topological polar surface area (TPSA) is 18.5 Å². The Morgan fingerprint density at radius 3 is 1.58 bits per heavy atom. The highest BCUT2D eigenvalue weighted by Crippen LogP contribution is 2.20. The molecule has 0 radical (unpaired) electrons. The summed E-state index contributed by atoms with van der Waals surface area (Å²) < 4.78 is 10.4. The van der Waals surface area contributed by atoms with Crippen molar-refractivity contribution < 1.29 is 9.47 Å². The summed E-state index contributed by atoms with van der Waals surface area (Å²) in [5.41, 5.74) is 0. The van der Waals surface area contributed by atoms with Crippen LogP contribution in [0.25, 0.3) is 0 Å². The quantitative estimate of drug-likeness (QED) is 0.638. The standard InChI is InChI=1S/C14H14Cl2O2Si/c1-17-11-5-3-7-13(9-11)19(15,16)14-8-4-6-12(10-14)18-2/h3-10H,1-2H3. The zero-order valence-corrected chi connectivity index (χ0v) is 13.2. The summed E-state index contributed by atoms with van der Waals surface area (Å²) in [5.74, 6) is 1.50. The highest BCUT2D eigenvalue weighted by Gasteiger charge is 2.34. The van der Waals surface area contributed by atoms with Crippen LogP contribution in [0.4, 0.5) is 0 Å². The molecular weight excluding hydrogens is 299 g/mol. The Kier molecular flexibility index (Phi) is 4.40. The Labute approximate surface area is 123 Å². The average molecular weight is 313 g/mol. The van der Waals surface area contributed by atoms with E-state index in [4.69, 9.17) is 31.6 Å². The molecule has 0 aliphatic carbocycles. The van der Waals surface area contributed by atoms with E-state index in [1.807, 2.05) is 48.5 Å². The fourth-order valence-electron chi connectivity index (χ4n) is 1.80. The van der Waals surface area contributed by atoms with E-state index in [9.17, 15) is 0 Å². The third-order valence-corrected chi connectivity index (χ3v) is 7.56. The Morgan fingerprint density at radius 1 is 0.789 bits per heavy atom. The second-order valence-electron chi connectivity index (χ2n) is 4.04. The Bertz CT molecular complexity index is 523. The van der Waals surface area contributed by atoms with Crippen molar-refractivity contribution >= 4 is 39.2 Å². The highest BCUT2D eigenvalue weighted by atomic mass is 35.7. The van der Waals surface area contributed by atoms with Crippen LogP contribution in [0.15, 0.2) is 48.5 Å². The van der Waals surface area contributed by atoms with Crippen LogP contribution in [0, 0.1) is 0 Å². The van der Waals surface area contributed by atoms with Crippen LogP contribution >= 0.6 is 22.2 Å². The van der Waals surface area contributed by atoms with Gasteiger partial charge < -0.3 is 9.47 Å². The van der Waals surface area contributed by atoms with Crippen LogP contribution in [0.2, 0.25) is 0 Å². The van der Waals surface area contributed by atoms with E-state index in [-0.39, 0.29) is 0 Å². The fraction of sp³-hybridized carbons (Fsp3) is 0.143. The van der Waals surface area contributed by atoms with E-state index in [1.165, 1.54) is 0 Å². The van der Waals surface area contributed by atoms with Gasteiger partial charge in [0.25, 0.3) is 0 Å². The lowest BCUT2D eigenvalue weighted by Crippen LogP contribution is -2.48. The largest absolute Gasteiger partial charge is 0.497 e. The van der Waals surface area contributed by atoms with Gasteiger partial charge in [-0.3, -0.25) is 0 Å². The predicted molar refractivity (Wildman–Crippen MR) is 82.7 cm³/mol. The fourth-order valence-corrected chi connectivity index (χ4v) is 4.81. The lowest BCUT2D eigenvalue weighted by molar-refractivity contribution is 0.415. The summed E-state index contributed by atoms with van der Waals surface area (Å²) in [5, 5.41) is 1.78. The van der Waals surface area contributed by atoms with E-state index < -0.39 is 6.69 Å². The van der Waals surface area contributed by atoms with Gasteiger partial charge in [-0.15, -0.1) is 22.2 Å². The molecule has 0 saturated heterocycles. The van der Waals surface area contributed by atoms with E-state index in [2.05, 4.69) is 0 Å². The molecular formula is C14H14Cl2O2Si. The van der Waals surface area contributed by atoms with Crippen molar-refractivity contribution in [2.24, 2.45) is 0 Å². The minimum atomic E-state index is -2.77. The number of halogens is 2. The normalized spacial score (nSPS) is 11.2. The molecule has 0 fully saturated rings. The maximum atomic E-state index is 6.64. The number of hydrogen-bond acceptors (Lipinski definition) is 2. The molecule has 0 heterocycles. The van der Waals surface area contributed by atoms with Crippen LogP contribution in [0.1, 0.15) is 0 Å². The van der Waals surface area contributed by atoms with Gasteiger partial charge in [-0.2, -0.15) is 0 Å². The van der Waals surface area contributed by atoms with Gasteiger partial charge >= 0.3 is 6.69 Å². The number of ether oxygens (including phenoxy) is 2. The van der Waals surface area contributed by atoms with Gasteiger partial charge in [0.15, 0.2) is 0 Å². The van der Waals surface area contributed by atoms with Gasteiger partial charge in [-0.25, -0.2) is 0 Å². The van der Waals surface area contributed by atoms with E-state index in [0.29, 0.717) is 0 Å². The van der Waals surface area contributed by atoms with Crippen LogP contribution in [0.5, 0.6) is 11.5 Å². The zero-order valence-electron chi connectivity index (χ0n) is 10.7. The van der Waals surface area contributed by atoms with Crippen LogP contribution in [0.3, 0.4) is 0 Å². The lowest BCUT2D eigenvalue weighted by Gasteiger charge is -2.19. The van der Waals surface area contributed by atoms with E-state index >= 15 is 0 Å². The molecule has 2 nitrogen and oxygen atoms in total. The molecule has 2 aromatic carbocycles. The summed E-state index contributed by atoms with van der Waals surface area (Å²) in [7, 11) is 3.24. The van der Waals surface area contributed by atoms with Crippen LogP contribution in [-0.2, 0) is 0 Å². The lowest BCUT2D eigenvalue weighted by atomic mass is 10.3. The van der Waals surface area contributed by atoms with Gasteiger partial charge in [0.2, 0.25) is 0 Å². The van der Waals surface area contributed by atoms with Crippen LogP contribution in [-0.4, -0.2) is 20.9 Å². The molecule has 0 amide bonds. The van der Waals surface area contributed by atoms with Gasteiger partial charge in [-0.1, -0.05) is 24.3 Å². The minimum Gasteiger partial charge on any atom is -0.497 e. The first kappa shape index (κ1) is 14.3. The molecule has 0 unspecified atom stereocenters. The zero-order chi connectivity index (χ0) is 13.9. The van der Waals surface area contributed by atoms with Crippen molar-refractivity contribution in [1.82, 2.24) is 0 Å². The van der Waals surface area contributed by atoms with Crippen molar-refractivity contribution in [3.05, 3.63) is 48.5 Å². The van der Waals surface area contributed by atoms with Gasteiger partial charge in [0.05, 0.1) is 14.2 Å². The van der Waals surface area contributed by atoms with Crippen molar-refractivity contribution in [2.75, 3.05) is 14.2 Å². The van der Waals surface area contributed by atoms with E-state index in [0.717, 1.165) is 21.9 Å². The molecule has 19 heavy (non-hydrogen) atoms. The number of hydrogen-bond donors (Lipinski definition) is 0. The van der Waals surface area contributed by atoms with Gasteiger partial charge in [0, 0.05) is 0 Å². The smallest absolute Gasteiger partial charge is 0.310 e. The summed E-state index contributed by atoms with van der Waals surface area (Å²) in [6.45, 7) is -2.77. The molecule has 2 aromatic rings. The maximum Gasteiger partial charge on any atom is 0.310 e. The summed E-state index contributed by atoms with van der Waals surface area (Å²) in [4.78, 5) is 0. The molecule has 2 rings (SSSR count). The molecule has 0 bridgehead atoms. The molecule has 0 saturated carbocycles. The number of methoxy groups -OCH3 is 2. The monoisotopic (exact) mass is 312 g/mol. The minimum absolute atomic E-state index is 0.749. The van der Waals surface area contributed by atoms with E-state index in [1.54, 1.807) is 14.2 Å². The first-order valence-electron chi connectivity index (χ1n) is 5.75. The third kappa shape index (κ3) is 3.05. The molecule has 0 aliphatic rings. The average Bonchev–Trinajstić information content (AvgIpc) is 2.47. The molecule has 0 aromatic heterocycles. The molecule has 0 aliphatic heterocycles. The third-order valence-electron chi connectivity index (χ3n) is 2.86. The second-order valence-corrected chi connectivity index (χ2v) is 10.3. The molecule has 0 atom stereocenters. The first-order valence-corrected chi connectivity index (χ1v) is 9.77. The molecule has 5 heteroatoms. The molecule has 0 N–H and O–H groups in total. The Balaban J connectivity index is 2.44. The van der Waals surface area contributed by atoms with Gasteiger partial charge in [0.1, 0.15) is 11.5 Å². The number of rotatable bonds is 4. The second kappa shape index (κ2) is 5.86. The van der Waals surface area contributed by atoms with Crippen LogP contribution < -0.4 is 19.8 Å². The first-order chi connectivity index (χ1) is 9.07. The van der Waals surface area contributed by atoms with Gasteiger partial charge in [-0.05, 0) is 34.6 Å². The molecule has 0 spiro atoms. The van der Waals surface area contributed by atoms with Crippen molar-refractivity contribution in [2.45, 2.75) is 0 Å². The Hall–Kier alpha value is -1.16. The maximum absolute atomic E-state index is 6.64. The van der Waals surface area contributed by atoms with Crippen molar-refractivity contribution in [1.29, 1.82) is 0 Å². The summed E-state index contributed by atoms with van der Waals surface area (Å²) in [6.07, 6.45) is 0. The van der Waals surface area contributed by atoms with Crippen molar-refractivity contribution in [3.63, 3.8) is 0 Å². The predicted octanol–water partition coefficient (Wildman–Crippen LogP) is 2.74. The highest BCUT2D eigenvalue weighted by molar-refractivity contribution is 7.56.